The zero-order chi connectivity index (χ0) is 24.1. The molecule has 5 N–H and O–H groups in total. The van der Waals surface area contributed by atoms with Crippen molar-refractivity contribution in [3.05, 3.63) is 46.4 Å². The van der Waals surface area contributed by atoms with Gasteiger partial charge in [-0.1, -0.05) is 32.3 Å². The van der Waals surface area contributed by atoms with Crippen molar-refractivity contribution in [1.82, 2.24) is 19.9 Å². The van der Waals surface area contributed by atoms with Crippen LogP contribution in [-0.2, 0) is 6.54 Å². The van der Waals surface area contributed by atoms with Gasteiger partial charge in [-0.25, -0.2) is 4.98 Å². The number of aromatic amines is 1. The minimum Gasteiger partial charge on any atom is -0.394 e. The monoisotopic (exact) mass is 464 g/mol. The highest BCUT2D eigenvalue weighted by Crippen LogP contribution is 2.31. The number of likely N-dealkylation sites (tertiary alicyclic amines) is 1. The Morgan fingerprint density at radius 3 is 2.74 bits per heavy atom. The van der Waals surface area contributed by atoms with E-state index in [4.69, 9.17) is 5.73 Å². The average molecular weight is 465 g/mol. The Morgan fingerprint density at radius 2 is 2.00 bits per heavy atom. The van der Waals surface area contributed by atoms with Crippen molar-refractivity contribution in [2.45, 2.75) is 64.5 Å². The Kier molecular flexibility index (Phi) is 7.48. The molecule has 2 aromatic heterocycles. The van der Waals surface area contributed by atoms with Crippen LogP contribution >= 0.6 is 0 Å². The Balaban J connectivity index is 1.71. The smallest absolute Gasteiger partial charge is 0.253 e. The Labute approximate surface area is 200 Å². The first-order valence-corrected chi connectivity index (χ1v) is 12.3. The third-order valence-electron chi connectivity index (χ3n) is 6.77. The molecule has 0 saturated carbocycles. The van der Waals surface area contributed by atoms with Crippen molar-refractivity contribution in [2.75, 3.05) is 30.7 Å². The van der Waals surface area contributed by atoms with Crippen molar-refractivity contribution >= 4 is 22.7 Å². The van der Waals surface area contributed by atoms with Gasteiger partial charge in [-0.2, -0.15) is 4.98 Å². The molecular weight excluding hydrogens is 428 g/mol. The molecule has 0 radical (unpaired) electrons. The molecule has 0 unspecified atom stereocenters. The number of pyridine rings is 1. The number of benzene rings is 1. The lowest BCUT2D eigenvalue weighted by Gasteiger charge is -2.30. The summed E-state index contributed by atoms with van der Waals surface area (Å²) in [5, 5.41) is 14.3. The topological polar surface area (TPSA) is 120 Å². The number of nitrogens with two attached hydrogens (primary N) is 1. The van der Waals surface area contributed by atoms with Gasteiger partial charge >= 0.3 is 0 Å². The van der Waals surface area contributed by atoms with Gasteiger partial charge in [0.25, 0.3) is 5.56 Å². The number of unbranched alkanes of at least 4 members (excludes halogenated alkanes) is 1. The summed E-state index contributed by atoms with van der Waals surface area (Å²) >= 11 is 0. The zero-order valence-corrected chi connectivity index (χ0v) is 20.2. The van der Waals surface area contributed by atoms with Crippen molar-refractivity contribution in [3.63, 3.8) is 0 Å². The Hall–Kier alpha value is -2.97. The lowest BCUT2D eigenvalue weighted by molar-refractivity contribution is 0.212. The molecule has 0 spiro atoms. The maximum Gasteiger partial charge on any atom is 0.253 e. The van der Waals surface area contributed by atoms with Crippen LogP contribution in [0.2, 0.25) is 0 Å². The Morgan fingerprint density at radius 1 is 1.21 bits per heavy atom. The van der Waals surface area contributed by atoms with Gasteiger partial charge in [0.2, 0.25) is 5.95 Å². The van der Waals surface area contributed by atoms with E-state index in [0.717, 1.165) is 54.4 Å². The molecule has 0 aliphatic carbocycles. The van der Waals surface area contributed by atoms with Crippen LogP contribution in [-0.4, -0.2) is 50.2 Å². The van der Waals surface area contributed by atoms with E-state index in [0.29, 0.717) is 17.9 Å². The molecule has 182 valence electrons. The fourth-order valence-electron chi connectivity index (χ4n) is 4.72. The number of piperidine rings is 1. The maximum atomic E-state index is 12.8. The molecule has 1 fully saturated rings. The van der Waals surface area contributed by atoms with Crippen LogP contribution in [0.25, 0.3) is 22.0 Å². The summed E-state index contributed by atoms with van der Waals surface area (Å²) in [5.41, 5.74) is 8.81. The highest BCUT2D eigenvalue weighted by molar-refractivity contribution is 5.93. The normalized spacial score (nSPS) is 16.4. The molecule has 1 aliphatic heterocycles. The molecule has 1 atom stereocenters. The number of nitrogens with zero attached hydrogens (tertiary/aromatic N) is 3. The molecule has 8 heteroatoms. The van der Waals surface area contributed by atoms with Gasteiger partial charge in [0.1, 0.15) is 5.82 Å². The molecule has 0 bridgehead atoms. The van der Waals surface area contributed by atoms with Crippen LogP contribution in [0.3, 0.4) is 0 Å². The molecule has 8 nitrogen and oxygen atoms in total. The van der Waals surface area contributed by atoms with Crippen molar-refractivity contribution in [1.29, 1.82) is 0 Å². The molecule has 1 aromatic carbocycles. The summed E-state index contributed by atoms with van der Waals surface area (Å²) in [7, 11) is 0. The van der Waals surface area contributed by atoms with E-state index in [-0.39, 0.29) is 18.1 Å². The summed E-state index contributed by atoms with van der Waals surface area (Å²) in [6, 6.07) is 7.90. The SMILES string of the molecule is CCCC[C@](C)(CO)Nc1nc(N)nc2cc(-c3cc[nH]c(=O)c3CN3CCCCC3)ccc12. The van der Waals surface area contributed by atoms with Crippen molar-refractivity contribution in [2.24, 2.45) is 0 Å². The van der Waals surface area contributed by atoms with Gasteiger partial charge in [-0.15, -0.1) is 0 Å². The van der Waals surface area contributed by atoms with E-state index in [1.165, 1.54) is 19.3 Å². The standard InChI is InChI=1S/C26H36N6O2/c1-3-4-11-26(2,17-33)31-23-20-9-8-18(15-22(20)29-25(27)30-23)19-10-12-28-24(34)21(19)16-32-13-6-5-7-14-32/h8-10,12,15,33H,3-7,11,13-14,16-17H2,1-2H3,(H,28,34)(H3,27,29,30,31)/t26-/m1/s1. The molecule has 0 amide bonds. The van der Waals surface area contributed by atoms with Crippen LogP contribution in [0, 0.1) is 0 Å². The van der Waals surface area contributed by atoms with Gasteiger partial charge in [-0.3, -0.25) is 9.69 Å². The van der Waals surface area contributed by atoms with Crippen molar-refractivity contribution in [3.8, 4) is 11.1 Å². The molecule has 3 aromatic rings. The summed E-state index contributed by atoms with van der Waals surface area (Å²) < 4.78 is 0. The number of H-pyrrole nitrogens is 1. The van der Waals surface area contributed by atoms with E-state index in [1.54, 1.807) is 6.20 Å². The number of aromatic nitrogens is 3. The minimum atomic E-state index is -0.503. The lowest BCUT2D eigenvalue weighted by Crippen LogP contribution is -2.39. The number of anilines is 2. The van der Waals surface area contributed by atoms with Crippen LogP contribution in [0.5, 0.6) is 0 Å². The van der Waals surface area contributed by atoms with E-state index in [2.05, 4.69) is 32.1 Å². The predicted molar refractivity (Wildman–Crippen MR) is 138 cm³/mol. The molecule has 3 heterocycles. The number of hydrogen-bond donors (Lipinski definition) is 4. The van der Waals surface area contributed by atoms with E-state index in [9.17, 15) is 9.90 Å². The minimum absolute atomic E-state index is 0.0108. The maximum absolute atomic E-state index is 12.8. The van der Waals surface area contributed by atoms with E-state index in [1.807, 2.05) is 31.2 Å². The number of nitrogen functional groups attached to an aromatic ring is 1. The zero-order valence-electron chi connectivity index (χ0n) is 20.2. The number of nitrogens with one attached hydrogen (secondary N) is 2. The van der Waals surface area contributed by atoms with E-state index < -0.39 is 5.54 Å². The molecule has 4 rings (SSSR count). The predicted octanol–water partition coefficient (Wildman–Crippen LogP) is 3.91. The van der Waals surface area contributed by atoms with Crippen molar-refractivity contribution < 1.29 is 5.11 Å². The summed E-state index contributed by atoms with van der Waals surface area (Å²) in [5.74, 6) is 0.781. The second kappa shape index (κ2) is 10.5. The number of aliphatic hydroxyl groups excluding tert-OH is 1. The highest BCUT2D eigenvalue weighted by Gasteiger charge is 2.24. The first-order chi connectivity index (χ1) is 16.4. The fourth-order valence-corrected chi connectivity index (χ4v) is 4.72. The third kappa shape index (κ3) is 5.39. The third-order valence-corrected chi connectivity index (χ3v) is 6.77. The average Bonchev–Trinajstić information content (AvgIpc) is 2.84. The van der Waals surface area contributed by atoms with Gasteiger partial charge in [0.15, 0.2) is 0 Å². The summed E-state index contributed by atoms with van der Waals surface area (Å²) in [4.78, 5) is 26.9. The lowest BCUT2D eigenvalue weighted by atomic mass is 9.95. The highest BCUT2D eigenvalue weighted by atomic mass is 16.3. The molecular formula is C26H36N6O2. The quantitative estimate of drug-likeness (QED) is 0.379. The van der Waals surface area contributed by atoms with Crippen LogP contribution < -0.4 is 16.6 Å². The van der Waals surface area contributed by atoms with Gasteiger partial charge < -0.3 is 21.1 Å². The van der Waals surface area contributed by atoms with Gasteiger partial charge in [-0.05, 0) is 68.6 Å². The van der Waals surface area contributed by atoms with Crippen LogP contribution in [0.15, 0.2) is 35.3 Å². The molecule has 34 heavy (non-hydrogen) atoms. The van der Waals surface area contributed by atoms with Crippen LogP contribution in [0.1, 0.15) is 57.9 Å². The summed E-state index contributed by atoms with van der Waals surface area (Å²) in [6.07, 6.45) is 8.16. The first kappa shape index (κ1) is 24.2. The number of rotatable bonds is 9. The first-order valence-electron chi connectivity index (χ1n) is 12.3. The largest absolute Gasteiger partial charge is 0.394 e. The second-order valence-corrected chi connectivity index (χ2v) is 9.65. The van der Waals surface area contributed by atoms with Crippen LogP contribution in [0.4, 0.5) is 11.8 Å². The number of aliphatic hydroxyl groups is 1. The second-order valence-electron chi connectivity index (χ2n) is 9.65. The molecule has 1 saturated heterocycles. The van der Waals surface area contributed by atoms with E-state index >= 15 is 0 Å². The molecule has 1 aliphatic rings. The number of fused-ring (bicyclic) bond motifs is 1. The fraction of sp³-hybridized carbons (Fsp3) is 0.500. The Bertz CT molecular complexity index is 1190. The number of hydrogen-bond acceptors (Lipinski definition) is 7. The summed E-state index contributed by atoms with van der Waals surface area (Å²) in [6.45, 7) is 6.78. The van der Waals surface area contributed by atoms with Gasteiger partial charge in [0.05, 0.1) is 17.7 Å². The van der Waals surface area contributed by atoms with Gasteiger partial charge in [0, 0.05) is 23.7 Å².